The molecule has 0 heterocycles. The number of ether oxygens (including phenoxy) is 2. The fourth-order valence-corrected chi connectivity index (χ4v) is 1.60. The molecule has 1 aromatic carbocycles. The number of nitrogens with one attached hydrogen (secondary N) is 1. The van der Waals surface area contributed by atoms with Crippen molar-refractivity contribution in [3.05, 3.63) is 23.8 Å². The average molecular weight is 266 g/mol. The Morgan fingerprint density at radius 2 is 2.21 bits per heavy atom. The van der Waals surface area contributed by atoms with Gasteiger partial charge in [0.2, 0.25) is 0 Å². The molecule has 0 spiro atoms. The van der Waals surface area contributed by atoms with Crippen LogP contribution in [0.15, 0.2) is 18.2 Å². The minimum atomic E-state index is -0.167. The highest BCUT2D eigenvalue weighted by molar-refractivity contribution is 5.77. The lowest BCUT2D eigenvalue weighted by atomic mass is 10.1. The number of benzene rings is 1. The molecule has 1 amide bonds. The quantitative estimate of drug-likeness (QED) is 0.786. The van der Waals surface area contributed by atoms with E-state index in [1.54, 1.807) is 13.2 Å². The molecule has 0 aliphatic rings. The molecule has 3 N–H and O–H groups in total. The number of amides is 1. The lowest BCUT2D eigenvalue weighted by Crippen LogP contribution is -2.29. The molecule has 0 unspecified atom stereocenters. The van der Waals surface area contributed by atoms with E-state index in [0.717, 1.165) is 12.0 Å². The van der Waals surface area contributed by atoms with Crippen LogP contribution in [0, 0.1) is 0 Å². The second kappa shape index (κ2) is 7.63. The van der Waals surface area contributed by atoms with Gasteiger partial charge < -0.3 is 20.5 Å². The van der Waals surface area contributed by atoms with E-state index in [2.05, 4.69) is 5.32 Å². The van der Waals surface area contributed by atoms with Gasteiger partial charge in [-0.3, -0.25) is 4.79 Å². The zero-order valence-electron chi connectivity index (χ0n) is 11.7. The first-order valence-electron chi connectivity index (χ1n) is 6.41. The number of nitrogens with two attached hydrogens (primary N) is 1. The van der Waals surface area contributed by atoms with Crippen LogP contribution in [-0.4, -0.2) is 26.2 Å². The van der Waals surface area contributed by atoms with Gasteiger partial charge in [0.25, 0.3) is 5.91 Å². The van der Waals surface area contributed by atoms with Crippen molar-refractivity contribution in [1.29, 1.82) is 0 Å². The Kier molecular flexibility index (Phi) is 6.15. The molecule has 0 fully saturated rings. The maximum absolute atomic E-state index is 11.5. The summed E-state index contributed by atoms with van der Waals surface area (Å²) in [6, 6.07) is 5.25. The molecule has 0 aromatic heterocycles. The van der Waals surface area contributed by atoms with Crippen LogP contribution in [0.4, 0.5) is 0 Å². The van der Waals surface area contributed by atoms with Gasteiger partial charge in [-0.05, 0) is 19.4 Å². The fourth-order valence-electron chi connectivity index (χ4n) is 1.60. The SMILES string of the molecule is CCCNC(=O)COc1cc(OC)ccc1[C@H](C)N. The summed E-state index contributed by atoms with van der Waals surface area (Å²) in [5.41, 5.74) is 6.72. The smallest absolute Gasteiger partial charge is 0.257 e. The maximum atomic E-state index is 11.5. The molecule has 106 valence electrons. The van der Waals surface area contributed by atoms with Gasteiger partial charge >= 0.3 is 0 Å². The van der Waals surface area contributed by atoms with E-state index in [1.807, 2.05) is 26.0 Å². The molecule has 19 heavy (non-hydrogen) atoms. The molecule has 1 aromatic rings. The van der Waals surface area contributed by atoms with Crippen molar-refractivity contribution in [2.45, 2.75) is 26.3 Å². The predicted octanol–water partition coefficient (Wildman–Crippen LogP) is 1.62. The molecule has 1 rings (SSSR count). The molecule has 0 saturated heterocycles. The van der Waals surface area contributed by atoms with Gasteiger partial charge in [0.1, 0.15) is 11.5 Å². The summed E-state index contributed by atoms with van der Waals surface area (Å²) >= 11 is 0. The van der Waals surface area contributed by atoms with Crippen molar-refractivity contribution in [3.63, 3.8) is 0 Å². The van der Waals surface area contributed by atoms with Crippen molar-refractivity contribution >= 4 is 5.91 Å². The molecule has 5 nitrogen and oxygen atoms in total. The number of hydrogen-bond acceptors (Lipinski definition) is 4. The topological polar surface area (TPSA) is 73.6 Å². The van der Waals surface area contributed by atoms with E-state index in [4.69, 9.17) is 15.2 Å². The standard InChI is InChI=1S/C14H22N2O3/c1-4-7-16-14(17)9-19-13-8-11(18-3)5-6-12(13)10(2)15/h5-6,8,10H,4,7,9,15H2,1-3H3,(H,16,17)/t10-/m0/s1. The highest BCUT2D eigenvalue weighted by Gasteiger charge is 2.11. The van der Waals surface area contributed by atoms with Crippen molar-refractivity contribution in [2.24, 2.45) is 5.73 Å². The van der Waals surface area contributed by atoms with Gasteiger partial charge in [-0.25, -0.2) is 0 Å². The number of carbonyl (C=O) groups excluding carboxylic acids is 1. The van der Waals surface area contributed by atoms with Crippen LogP contribution >= 0.6 is 0 Å². The number of methoxy groups -OCH3 is 1. The van der Waals surface area contributed by atoms with Crippen molar-refractivity contribution in [3.8, 4) is 11.5 Å². The Bertz CT molecular complexity index is 419. The monoisotopic (exact) mass is 266 g/mol. The Hall–Kier alpha value is -1.75. The van der Waals surface area contributed by atoms with Crippen LogP contribution in [0.25, 0.3) is 0 Å². The van der Waals surface area contributed by atoms with Crippen molar-refractivity contribution < 1.29 is 14.3 Å². The molecule has 0 aliphatic carbocycles. The lowest BCUT2D eigenvalue weighted by Gasteiger charge is -2.15. The maximum Gasteiger partial charge on any atom is 0.257 e. The van der Waals surface area contributed by atoms with Crippen LogP contribution < -0.4 is 20.5 Å². The zero-order valence-corrected chi connectivity index (χ0v) is 11.7. The molecule has 0 bridgehead atoms. The Morgan fingerprint density at radius 3 is 2.79 bits per heavy atom. The molecular weight excluding hydrogens is 244 g/mol. The molecule has 0 radical (unpaired) electrons. The van der Waals surface area contributed by atoms with Crippen LogP contribution in [0.2, 0.25) is 0 Å². The summed E-state index contributed by atoms with van der Waals surface area (Å²) in [5.74, 6) is 1.12. The van der Waals surface area contributed by atoms with Crippen LogP contribution in [0.1, 0.15) is 31.9 Å². The zero-order chi connectivity index (χ0) is 14.3. The van der Waals surface area contributed by atoms with Gasteiger partial charge in [0, 0.05) is 24.2 Å². The minimum absolute atomic E-state index is 0.0209. The van der Waals surface area contributed by atoms with Crippen molar-refractivity contribution in [1.82, 2.24) is 5.32 Å². The van der Waals surface area contributed by atoms with Gasteiger partial charge in [-0.15, -0.1) is 0 Å². The first kappa shape index (κ1) is 15.3. The molecule has 0 aliphatic heterocycles. The van der Waals surface area contributed by atoms with Gasteiger partial charge in [-0.2, -0.15) is 0 Å². The Labute approximate surface area is 114 Å². The summed E-state index contributed by atoms with van der Waals surface area (Å²) in [4.78, 5) is 11.5. The second-order valence-corrected chi connectivity index (χ2v) is 4.33. The van der Waals surface area contributed by atoms with Crippen LogP contribution in [0.3, 0.4) is 0 Å². The summed E-state index contributed by atoms with van der Waals surface area (Å²) in [6.45, 7) is 4.50. The summed E-state index contributed by atoms with van der Waals surface area (Å²) in [7, 11) is 1.58. The molecular formula is C14H22N2O3. The van der Waals surface area contributed by atoms with Gasteiger partial charge in [-0.1, -0.05) is 13.0 Å². The van der Waals surface area contributed by atoms with Crippen molar-refractivity contribution in [2.75, 3.05) is 20.3 Å². The average Bonchev–Trinajstić information content (AvgIpc) is 2.42. The number of hydrogen-bond donors (Lipinski definition) is 2. The first-order chi connectivity index (χ1) is 9.08. The van der Waals surface area contributed by atoms with Gasteiger partial charge in [0.05, 0.1) is 7.11 Å². The Morgan fingerprint density at radius 1 is 1.47 bits per heavy atom. The first-order valence-corrected chi connectivity index (χ1v) is 6.41. The molecule has 0 saturated carbocycles. The lowest BCUT2D eigenvalue weighted by molar-refractivity contribution is -0.123. The summed E-state index contributed by atoms with van der Waals surface area (Å²) < 4.78 is 10.7. The summed E-state index contributed by atoms with van der Waals surface area (Å²) in [5, 5.41) is 2.75. The predicted molar refractivity (Wildman–Crippen MR) is 74.4 cm³/mol. The second-order valence-electron chi connectivity index (χ2n) is 4.33. The number of carbonyl (C=O) groups is 1. The largest absolute Gasteiger partial charge is 0.497 e. The molecule has 1 atom stereocenters. The number of rotatable bonds is 7. The third kappa shape index (κ3) is 4.79. The molecule has 5 heteroatoms. The van der Waals surface area contributed by atoms with E-state index >= 15 is 0 Å². The third-order valence-corrected chi connectivity index (χ3v) is 2.64. The Balaban J connectivity index is 2.72. The van der Waals surface area contributed by atoms with E-state index in [-0.39, 0.29) is 18.6 Å². The van der Waals surface area contributed by atoms with Crippen LogP contribution in [0.5, 0.6) is 11.5 Å². The van der Waals surface area contributed by atoms with Gasteiger partial charge in [0.15, 0.2) is 6.61 Å². The third-order valence-electron chi connectivity index (χ3n) is 2.64. The normalized spacial score (nSPS) is 11.8. The van der Waals surface area contributed by atoms with E-state index in [1.165, 1.54) is 0 Å². The highest BCUT2D eigenvalue weighted by Crippen LogP contribution is 2.28. The van der Waals surface area contributed by atoms with E-state index < -0.39 is 0 Å². The highest BCUT2D eigenvalue weighted by atomic mass is 16.5. The van der Waals surface area contributed by atoms with E-state index in [9.17, 15) is 4.79 Å². The minimum Gasteiger partial charge on any atom is -0.497 e. The fraction of sp³-hybridized carbons (Fsp3) is 0.500. The van der Waals surface area contributed by atoms with Crippen LogP contribution in [-0.2, 0) is 4.79 Å². The summed E-state index contributed by atoms with van der Waals surface area (Å²) in [6.07, 6.45) is 0.899. The van der Waals surface area contributed by atoms with E-state index in [0.29, 0.717) is 18.0 Å².